The zero-order valence-electron chi connectivity index (χ0n) is 14.5. The van der Waals surface area contributed by atoms with E-state index in [4.69, 9.17) is 11.6 Å². The number of hydrogen-bond donors (Lipinski definition) is 1. The summed E-state index contributed by atoms with van der Waals surface area (Å²) < 4.78 is 1.99. The Bertz CT molecular complexity index is 1110. The first-order valence-corrected chi connectivity index (χ1v) is 9.63. The van der Waals surface area contributed by atoms with Crippen molar-refractivity contribution >= 4 is 45.0 Å². The second-order valence-corrected chi connectivity index (χ2v) is 7.32. The number of halogens is 1. The van der Waals surface area contributed by atoms with Crippen molar-refractivity contribution in [1.82, 2.24) is 19.5 Å². The fourth-order valence-electron chi connectivity index (χ4n) is 2.82. The number of thiazole rings is 1. The van der Waals surface area contributed by atoms with Crippen LogP contribution in [0.2, 0.25) is 5.02 Å². The number of aromatic nitrogens is 4. The molecule has 8 heteroatoms. The van der Waals surface area contributed by atoms with E-state index in [0.717, 1.165) is 28.2 Å². The lowest BCUT2D eigenvalue weighted by Crippen LogP contribution is -2.13. The standard InChI is InChI=1S/C19H16ClN5OS/c1-25-16-6-5-12(20)10-14(16)22-17(25)7-8-18(26)24-19-23-15(11-27-19)13-4-2-3-9-21-13/h2-6,9-11H,7-8H2,1H3,(H,23,24,26). The van der Waals surface area contributed by atoms with Gasteiger partial charge in [-0.1, -0.05) is 17.7 Å². The summed E-state index contributed by atoms with van der Waals surface area (Å²) in [7, 11) is 1.94. The Labute approximate surface area is 164 Å². The largest absolute Gasteiger partial charge is 0.331 e. The van der Waals surface area contributed by atoms with Gasteiger partial charge in [0.05, 0.1) is 16.7 Å². The summed E-state index contributed by atoms with van der Waals surface area (Å²) in [5, 5.41) is 5.95. The first-order valence-electron chi connectivity index (χ1n) is 8.38. The summed E-state index contributed by atoms with van der Waals surface area (Å²) in [6.07, 6.45) is 2.58. The number of aryl methyl sites for hydroxylation is 2. The quantitative estimate of drug-likeness (QED) is 0.544. The van der Waals surface area contributed by atoms with Crippen LogP contribution in [0.1, 0.15) is 12.2 Å². The Morgan fingerprint density at radius 1 is 1.22 bits per heavy atom. The van der Waals surface area contributed by atoms with Crippen molar-refractivity contribution < 1.29 is 4.79 Å². The first-order chi connectivity index (χ1) is 13.1. The van der Waals surface area contributed by atoms with Gasteiger partial charge in [0, 0.05) is 36.5 Å². The van der Waals surface area contributed by atoms with Gasteiger partial charge in [-0.25, -0.2) is 9.97 Å². The van der Waals surface area contributed by atoms with E-state index >= 15 is 0 Å². The van der Waals surface area contributed by atoms with Gasteiger partial charge in [-0.15, -0.1) is 11.3 Å². The molecule has 0 bridgehead atoms. The number of pyridine rings is 1. The topological polar surface area (TPSA) is 72.7 Å². The van der Waals surface area contributed by atoms with E-state index in [1.165, 1.54) is 11.3 Å². The predicted octanol–water partition coefficient (Wildman–Crippen LogP) is 4.32. The van der Waals surface area contributed by atoms with Crippen molar-refractivity contribution in [2.24, 2.45) is 7.05 Å². The lowest BCUT2D eigenvalue weighted by molar-refractivity contribution is -0.116. The predicted molar refractivity (Wildman–Crippen MR) is 108 cm³/mol. The third kappa shape index (κ3) is 3.84. The van der Waals surface area contributed by atoms with Crippen LogP contribution in [0.15, 0.2) is 48.0 Å². The normalized spacial score (nSPS) is 11.0. The fourth-order valence-corrected chi connectivity index (χ4v) is 3.70. The number of rotatable bonds is 5. The highest BCUT2D eigenvalue weighted by Gasteiger charge is 2.12. The van der Waals surface area contributed by atoms with Crippen LogP contribution in [0.25, 0.3) is 22.4 Å². The van der Waals surface area contributed by atoms with Gasteiger partial charge in [-0.05, 0) is 30.3 Å². The van der Waals surface area contributed by atoms with Gasteiger partial charge in [0.1, 0.15) is 11.5 Å². The summed E-state index contributed by atoms with van der Waals surface area (Å²) in [6.45, 7) is 0. The average Bonchev–Trinajstić information content (AvgIpc) is 3.25. The van der Waals surface area contributed by atoms with Crippen molar-refractivity contribution in [3.05, 3.63) is 58.8 Å². The molecular weight excluding hydrogens is 382 g/mol. The Hall–Kier alpha value is -2.77. The second kappa shape index (κ2) is 7.46. The fraction of sp³-hybridized carbons (Fsp3) is 0.158. The number of imidazole rings is 1. The van der Waals surface area contributed by atoms with Crippen molar-refractivity contribution in [2.45, 2.75) is 12.8 Å². The monoisotopic (exact) mass is 397 g/mol. The molecule has 0 radical (unpaired) electrons. The van der Waals surface area contributed by atoms with Crippen molar-refractivity contribution in [2.75, 3.05) is 5.32 Å². The van der Waals surface area contributed by atoms with Crippen LogP contribution < -0.4 is 5.32 Å². The lowest BCUT2D eigenvalue weighted by Gasteiger charge is -2.03. The van der Waals surface area contributed by atoms with E-state index < -0.39 is 0 Å². The third-order valence-electron chi connectivity index (χ3n) is 4.19. The first kappa shape index (κ1) is 17.6. The smallest absolute Gasteiger partial charge is 0.226 e. The molecule has 136 valence electrons. The zero-order valence-corrected chi connectivity index (χ0v) is 16.1. The minimum Gasteiger partial charge on any atom is -0.331 e. The number of anilines is 1. The molecule has 1 amide bonds. The number of carbonyl (C=O) groups is 1. The molecule has 1 N–H and O–H groups in total. The van der Waals surface area contributed by atoms with Gasteiger partial charge < -0.3 is 9.88 Å². The minimum atomic E-state index is -0.0954. The average molecular weight is 398 g/mol. The summed E-state index contributed by atoms with van der Waals surface area (Å²) in [5.74, 6) is 0.748. The molecular formula is C19H16ClN5OS. The van der Waals surface area contributed by atoms with E-state index in [1.807, 2.05) is 53.4 Å². The molecule has 0 spiro atoms. The van der Waals surface area contributed by atoms with E-state index in [1.54, 1.807) is 6.20 Å². The lowest BCUT2D eigenvalue weighted by atomic mass is 10.3. The molecule has 0 aliphatic rings. The van der Waals surface area contributed by atoms with Crippen molar-refractivity contribution in [1.29, 1.82) is 0 Å². The summed E-state index contributed by atoms with van der Waals surface area (Å²) in [6, 6.07) is 11.2. The van der Waals surface area contributed by atoms with Crippen molar-refractivity contribution in [3.8, 4) is 11.4 Å². The number of fused-ring (bicyclic) bond motifs is 1. The maximum atomic E-state index is 12.3. The molecule has 4 aromatic rings. The molecule has 0 saturated heterocycles. The van der Waals surface area contributed by atoms with Crippen LogP contribution in [0.4, 0.5) is 5.13 Å². The number of hydrogen-bond acceptors (Lipinski definition) is 5. The van der Waals surface area contributed by atoms with E-state index in [2.05, 4.69) is 20.3 Å². The van der Waals surface area contributed by atoms with E-state index in [0.29, 0.717) is 23.0 Å². The molecule has 0 fully saturated rings. The highest BCUT2D eigenvalue weighted by atomic mass is 35.5. The van der Waals surface area contributed by atoms with Crippen molar-refractivity contribution in [3.63, 3.8) is 0 Å². The van der Waals surface area contributed by atoms with Crippen LogP contribution in [-0.4, -0.2) is 25.4 Å². The molecule has 0 unspecified atom stereocenters. The Morgan fingerprint density at radius 2 is 2.11 bits per heavy atom. The maximum Gasteiger partial charge on any atom is 0.226 e. The molecule has 0 aliphatic heterocycles. The highest BCUT2D eigenvalue weighted by molar-refractivity contribution is 7.14. The van der Waals surface area contributed by atoms with Gasteiger partial charge in [-0.3, -0.25) is 9.78 Å². The highest BCUT2D eigenvalue weighted by Crippen LogP contribution is 2.24. The van der Waals surface area contributed by atoms with E-state index in [9.17, 15) is 4.79 Å². The number of nitrogens with one attached hydrogen (secondary N) is 1. The Morgan fingerprint density at radius 3 is 2.93 bits per heavy atom. The zero-order chi connectivity index (χ0) is 18.8. The van der Waals surface area contributed by atoms with E-state index in [-0.39, 0.29) is 5.91 Å². The molecule has 6 nitrogen and oxygen atoms in total. The number of benzene rings is 1. The molecule has 0 saturated carbocycles. The summed E-state index contributed by atoms with van der Waals surface area (Å²) in [5.41, 5.74) is 3.37. The molecule has 27 heavy (non-hydrogen) atoms. The molecule has 0 atom stereocenters. The number of amides is 1. The van der Waals surface area contributed by atoms with Crippen LogP contribution in [-0.2, 0) is 18.3 Å². The van der Waals surface area contributed by atoms with Gasteiger partial charge in [0.2, 0.25) is 5.91 Å². The van der Waals surface area contributed by atoms with Crippen LogP contribution >= 0.6 is 22.9 Å². The van der Waals surface area contributed by atoms with Gasteiger partial charge >= 0.3 is 0 Å². The Balaban J connectivity index is 1.40. The van der Waals surface area contributed by atoms with Crippen LogP contribution in [0, 0.1) is 0 Å². The Kier molecular flexibility index (Phi) is 4.87. The maximum absolute atomic E-state index is 12.3. The van der Waals surface area contributed by atoms with Crippen LogP contribution in [0.5, 0.6) is 0 Å². The number of carbonyl (C=O) groups excluding carboxylic acids is 1. The second-order valence-electron chi connectivity index (χ2n) is 6.02. The molecule has 3 aromatic heterocycles. The summed E-state index contributed by atoms with van der Waals surface area (Å²) >= 11 is 7.41. The SMILES string of the molecule is Cn1c(CCC(=O)Nc2nc(-c3ccccn3)cs2)nc2cc(Cl)ccc21. The molecule has 1 aromatic carbocycles. The summed E-state index contributed by atoms with van der Waals surface area (Å²) in [4.78, 5) is 25.6. The minimum absolute atomic E-state index is 0.0954. The molecule has 3 heterocycles. The number of nitrogens with zero attached hydrogens (tertiary/aromatic N) is 4. The van der Waals surface area contributed by atoms with Crippen LogP contribution in [0.3, 0.4) is 0 Å². The third-order valence-corrected chi connectivity index (χ3v) is 5.18. The van der Waals surface area contributed by atoms with Gasteiger partial charge in [0.25, 0.3) is 0 Å². The molecule has 4 rings (SSSR count). The van der Waals surface area contributed by atoms with Gasteiger partial charge in [0.15, 0.2) is 5.13 Å². The molecule has 0 aliphatic carbocycles. The van der Waals surface area contributed by atoms with Gasteiger partial charge in [-0.2, -0.15) is 0 Å².